The molecule has 3 nitrogen and oxygen atoms in total. The Morgan fingerprint density at radius 2 is 1.96 bits per heavy atom. The van der Waals surface area contributed by atoms with Gasteiger partial charge in [-0.05, 0) is 43.6 Å². The van der Waals surface area contributed by atoms with E-state index >= 15 is 0 Å². The van der Waals surface area contributed by atoms with Crippen molar-refractivity contribution in [2.75, 3.05) is 19.6 Å². The number of nitrogens with zero attached hydrogens (tertiary/aromatic N) is 2. The standard InChI is InChI=1S/C18H19Cl2N3/c19-16-6-2-1-5-14(16)15-9-13(11-21)18(22,10-17(15)20)12-23-7-3-4-8-23/h1-2,5-6,9-10,13H,3-4,7-8,12,22H2. The van der Waals surface area contributed by atoms with Crippen LogP contribution in [0.4, 0.5) is 0 Å². The summed E-state index contributed by atoms with van der Waals surface area (Å²) < 4.78 is 0. The van der Waals surface area contributed by atoms with Crippen LogP contribution < -0.4 is 5.73 Å². The highest BCUT2D eigenvalue weighted by Gasteiger charge is 2.38. The topological polar surface area (TPSA) is 53.1 Å². The fourth-order valence-corrected chi connectivity index (χ4v) is 3.94. The van der Waals surface area contributed by atoms with Crippen LogP contribution in [0.15, 0.2) is 41.4 Å². The van der Waals surface area contributed by atoms with E-state index in [2.05, 4.69) is 11.0 Å². The highest BCUT2D eigenvalue weighted by Crippen LogP contribution is 2.39. The van der Waals surface area contributed by atoms with Crippen LogP contribution in [0.2, 0.25) is 5.02 Å². The van der Waals surface area contributed by atoms with Crippen LogP contribution in [-0.4, -0.2) is 30.1 Å². The third kappa shape index (κ3) is 3.32. The van der Waals surface area contributed by atoms with Crippen molar-refractivity contribution in [2.24, 2.45) is 11.7 Å². The number of nitriles is 1. The molecule has 1 fully saturated rings. The van der Waals surface area contributed by atoms with Gasteiger partial charge in [0.25, 0.3) is 0 Å². The Labute approximate surface area is 147 Å². The summed E-state index contributed by atoms with van der Waals surface area (Å²) in [6.07, 6.45) is 6.07. The van der Waals surface area contributed by atoms with Crippen molar-refractivity contribution in [3.8, 4) is 6.07 Å². The molecule has 1 aliphatic carbocycles. The lowest BCUT2D eigenvalue weighted by Crippen LogP contribution is -2.53. The normalized spacial score (nSPS) is 28.2. The molecule has 120 valence electrons. The van der Waals surface area contributed by atoms with Crippen molar-refractivity contribution in [3.63, 3.8) is 0 Å². The van der Waals surface area contributed by atoms with Crippen molar-refractivity contribution in [1.29, 1.82) is 5.26 Å². The van der Waals surface area contributed by atoms with Crippen LogP contribution in [0.5, 0.6) is 0 Å². The van der Waals surface area contributed by atoms with Gasteiger partial charge < -0.3 is 10.6 Å². The first-order valence-electron chi connectivity index (χ1n) is 7.80. The average Bonchev–Trinajstić information content (AvgIpc) is 3.01. The SMILES string of the molecule is N#CC1C=C(c2ccccc2Cl)C(Cl)=CC1(N)CN1CCCC1. The van der Waals surface area contributed by atoms with Gasteiger partial charge in [-0.25, -0.2) is 0 Å². The lowest BCUT2D eigenvalue weighted by molar-refractivity contribution is 0.258. The summed E-state index contributed by atoms with van der Waals surface area (Å²) in [6.45, 7) is 2.71. The minimum absolute atomic E-state index is 0.433. The first-order chi connectivity index (χ1) is 11.0. The number of benzene rings is 1. The Bertz CT molecular complexity index is 698. The molecule has 0 saturated carbocycles. The van der Waals surface area contributed by atoms with Crippen LogP contribution in [0, 0.1) is 17.2 Å². The van der Waals surface area contributed by atoms with Crippen molar-refractivity contribution in [3.05, 3.63) is 52.0 Å². The zero-order valence-corrected chi connectivity index (χ0v) is 14.3. The second-order valence-electron chi connectivity index (χ2n) is 6.25. The van der Waals surface area contributed by atoms with Gasteiger partial charge in [-0.1, -0.05) is 47.5 Å². The highest BCUT2D eigenvalue weighted by molar-refractivity contribution is 6.39. The summed E-state index contributed by atoms with van der Waals surface area (Å²) >= 11 is 12.8. The van der Waals surface area contributed by atoms with Gasteiger partial charge in [0.1, 0.15) is 0 Å². The van der Waals surface area contributed by atoms with Crippen LogP contribution in [0.25, 0.3) is 5.57 Å². The van der Waals surface area contributed by atoms with E-state index in [0.717, 1.165) is 24.2 Å². The molecule has 0 bridgehead atoms. The number of hydrogen-bond donors (Lipinski definition) is 1. The molecule has 1 heterocycles. The zero-order chi connectivity index (χ0) is 16.4. The number of allylic oxidation sites excluding steroid dienone is 2. The maximum Gasteiger partial charge on any atom is 0.0881 e. The smallest absolute Gasteiger partial charge is 0.0881 e. The molecule has 5 heteroatoms. The number of halogens is 2. The van der Waals surface area contributed by atoms with E-state index in [4.69, 9.17) is 28.9 Å². The maximum absolute atomic E-state index is 9.62. The van der Waals surface area contributed by atoms with E-state index in [-0.39, 0.29) is 0 Å². The lowest BCUT2D eigenvalue weighted by atomic mass is 9.78. The van der Waals surface area contributed by atoms with Gasteiger partial charge in [0.15, 0.2) is 0 Å². The molecule has 3 rings (SSSR count). The third-order valence-corrected chi connectivity index (χ3v) is 5.21. The van der Waals surface area contributed by atoms with Gasteiger partial charge >= 0.3 is 0 Å². The number of hydrogen-bond acceptors (Lipinski definition) is 3. The number of rotatable bonds is 3. The molecular weight excluding hydrogens is 329 g/mol. The largest absolute Gasteiger partial charge is 0.319 e. The van der Waals surface area contributed by atoms with Crippen molar-refractivity contribution in [2.45, 2.75) is 18.4 Å². The molecule has 1 aliphatic heterocycles. The van der Waals surface area contributed by atoms with E-state index in [1.54, 1.807) is 0 Å². The molecule has 23 heavy (non-hydrogen) atoms. The molecule has 1 aromatic carbocycles. The van der Waals surface area contributed by atoms with Crippen molar-refractivity contribution in [1.82, 2.24) is 4.90 Å². The van der Waals surface area contributed by atoms with E-state index < -0.39 is 11.5 Å². The maximum atomic E-state index is 9.62. The molecular formula is C18H19Cl2N3. The number of nitrogens with two attached hydrogens (primary N) is 1. The van der Waals surface area contributed by atoms with Crippen LogP contribution in [0.3, 0.4) is 0 Å². The van der Waals surface area contributed by atoms with E-state index in [9.17, 15) is 5.26 Å². The summed E-state index contributed by atoms with van der Waals surface area (Å²) in [5, 5.41) is 10.8. The Kier molecular flexibility index (Phi) is 4.79. The predicted molar refractivity (Wildman–Crippen MR) is 95.1 cm³/mol. The molecule has 0 aromatic heterocycles. The van der Waals surface area contributed by atoms with Crippen LogP contribution in [0.1, 0.15) is 18.4 Å². The summed E-state index contributed by atoms with van der Waals surface area (Å²) in [4.78, 5) is 2.30. The van der Waals surface area contributed by atoms with Gasteiger partial charge in [-0.15, -0.1) is 0 Å². The monoisotopic (exact) mass is 347 g/mol. The molecule has 1 saturated heterocycles. The van der Waals surface area contributed by atoms with Gasteiger partial charge in [0.2, 0.25) is 0 Å². The van der Waals surface area contributed by atoms with Gasteiger partial charge in [-0.2, -0.15) is 5.26 Å². The second kappa shape index (κ2) is 6.67. The summed E-state index contributed by atoms with van der Waals surface area (Å²) in [5.74, 6) is -0.433. The Balaban J connectivity index is 1.94. The first-order valence-corrected chi connectivity index (χ1v) is 8.55. The number of likely N-dealkylation sites (tertiary alicyclic amines) is 1. The van der Waals surface area contributed by atoms with E-state index in [1.807, 2.05) is 36.4 Å². The Hall–Kier alpha value is -1.31. The third-order valence-electron chi connectivity index (χ3n) is 4.56. The van der Waals surface area contributed by atoms with Gasteiger partial charge in [0, 0.05) is 22.2 Å². The summed E-state index contributed by atoms with van der Waals surface area (Å²) in [6, 6.07) is 9.83. The lowest BCUT2D eigenvalue weighted by Gasteiger charge is -2.36. The first kappa shape index (κ1) is 16.5. The van der Waals surface area contributed by atoms with Crippen molar-refractivity contribution >= 4 is 28.8 Å². The Morgan fingerprint density at radius 1 is 1.26 bits per heavy atom. The molecule has 0 amide bonds. The molecule has 0 spiro atoms. The van der Waals surface area contributed by atoms with Crippen LogP contribution in [-0.2, 0) is 0 Å². The summed E-state index contributed by atoms with van der Waals surface area (Å²) in [7, 11) is 0. The summed E-state index contributed by atoms with van der Waals surface area (Å²) in [5.41, 5.74) is 7.41. The van der Waals surface area contributed by atoms with E-state index in [0.29, 0.717) is 16.6 Å². The zero-order valence-electron chi connectivity index (χ0n) is 12.8. The molecule has 2 N–H and O–H groups in total. The quantitative estimate of drug-likeness (QED) is 0.904. The van der Waals surface area contributed by atoms with Crippen LogP contribution >= 0.6 is 23.2 Å². The van der Waals surface area contributed by atoms with Gasteiger partial charge in [-0.3, -0.25) is 0 Å². The molecule has 1 aromatic rings. The van der Waals surface area contributed by atoms with Gasteiger partial charge in [0.05, 0.1) is 17.5 Å². The molecule has 2 unspecified atom stereocenters. The fraction of sp³-hybridized carbons (Fsp3) is 0.389. The minimum atomic E-state index is -0.763. The molecule has 2 atom stereocenters. The highest BCUT2D eigenvalue weighted by atomic mass is 35.5. The van der Waals surface area contributed by atoms with Crippen molar-refractivity contribution < 1.29 is 0 Å². The second-order valence-corrected chi connectivity index (χ2v) is 7.07. The minimum Gasteiger partial charge on any atom is -0.319 e. The molecule has 2 aliphatic rings. The average molecular weight is 348 g/mol. The molecule has 0 radical (unpaired) electrons. The predicted octanol–water partition coefficient (Wildman–Crippen LogP) is 3.79. The Morgan fingerprint density at radius 3 is 2.61 bits per heavy atom. The fourth-order valence-electron chi connectivity index (χ4n) is 3.33. The van der Waals surface area contributed by atoms with E-state index in [1.165, 1.54) is 12.8 Å².